The summed E-state index contributed by atoms with van der Waals surface area (Å²) in [6.45, 7) is 14.1. The van der Waals surface area contributed by atoms with Crippen molar-refractivity contribution in [3.63, 3.8) is 0 Å². The summed E-state index contributed by atoms with van der Waals surface area (Å²) in [6.07, 6.45) is 0. The van der Waals surface area contributed by atoms with Gasteiger partial charge < -0.3 is 0 Å². The Kier molecular flexibility index (Phi) is 5.99. The van der Waals surface area contributed by atoms with Crippen molar-refractivity contribution in [3.05, 3.63) is 77.4 Å². The number of aromatic nitrogens is 3. The van der Waals surface area contributed by atoms with Gasteiger partial charge in [0.2, 0.25) is 0 Å². The number of pyridine rings is 1. The number of hydrogen-bond acceptors (Lipinski definition) is 3. The number of benzene rings is 1. The third-order valence-electron chi connectivity index (χ3n) is 4.62. The van der Waals surface area contributed by atoms with Crippen LogP contribution in [0.1, 0.15) is 64.3 Å². The second-order valence-electron chi connectivity index (χ2n) is 9.29. The van der Waals surface area contributed by atoms with Gasteiger partial charge in [-0.05, 0) is 30.3 Å². The SMILES string of the molecule is CC(C)(C)c1cc(C(C)(C)C)n(Cc2cccc(CSc3ccccc3)n2)n1. The van der Waals surface area contributed by atoms with Crippen molar-refractivity contribution in [2.24, 2.45) is 0 Å². The number of rotatable bonds is 5. The van der Waals surface area contributed by atoms with Crippen LogP contribution in [0.15, 0.2) is 59.5 Å². The Labute approximate surface area is 173 Å². The van der Waals surface area contributed by atoms with Crippen LogP contribution in [0.2, 0.25) is 0 Å². The minimum Gasteiger partial charge on any atom is -0.263 e. The summed E-state index contributed by atoms with van der Waals surface area (Å²) in [4.78, 5) is 6.17. The van der Waals surface area contributed by atoms with Gasteiger partial charge in [0.25, 0.3) is 0 Å². The standard InChI is InChI=1S/C24H31N3S/c1-23(2,3)21-15-22(24(4,5)6)27(26-21)16-18-11-10-12-19(25-18)17-28-20-13-8-7-9-14-20/h7-15H,16-17H2,1-6H3. The molecule has 148 valence electrons. The molecule has 0 radical (unpaired) electrons. The molecule has 4 heteroatoms. The van der Waals surface area contributed by atoms with Crippen molar-refractivity contribution < 1.29 is 0 Å². The van der Waals surface area contributed by atoms with Crippen molar-refractivity contribution in [3.8, 4) is 0 Å². The average Bonchev–Trinajstić information content (AvgIpc) is 3.06. The lowest BCUT2D eigenvalue weighted by molar-refractivity contribution is 0.493. The number of nitrogens with zero attached hydrogens (tertiary/aromatic N) is 3. The molecule has 2 heterocycles. The minimum atomic E-state index is 0.0346. The van der Waals surface area contributed by atoms with E-state index in [-0.39, 0.29) is 10.8 Å². The molecule has 3 aromatic rings. The molecule has 28 heavy (non-hydrogen) atoms. The van der Waals surface area contributed by atoms with E-state index in [4.69, 9.17) is 10.1 Å². The van der Waals surface area contributed by atoms with Crippen molar-refractivity contribution in [1.29, 1.82) is 0 Å². The third-order valence-corrected chi connectivity index (χ3v) is 5.67. The minimum absolute atomic E-state index is 0.0346. The van der Waals surface area contributed by atoms with E-state index in [9.17, 15) is 0 Å². The van der Waals surface area contributed by atoms with Gasteiger partial charge in [0.1, 0.15) is 0 Å². The first-order valence-corrected chi connectivity index (χ1v) is 10.8. The lowest BCUT2D eigenvalue weighted by atomic mass is 9.88. The molecule has 0 aliphatic carbocycles. The summed E-state index contributed by atoms with van der Waals surface area (Å²) in [7, 11) is 0. The zero-order chi connectivity index (χ0) is 20.4. The molecule has 0 saturated heterocycles. The molecule has 0 unspecified atom stereocenters. The Morgan fingerprint density at radius 2 is 1.50 bits per heavy atom. The van der Waals surface area contributed by atoms with Crippen LogP contribution < -0.4 is 0 Å². The van der Waals surface area contributed by atoms with Crippen LogP contribution in [0.5, 0.6) is 0 Å². The fraction of sp³-hybridized carbons (Fsp3) is 0.417. The van der Waals surface area contributed by atoms with Crippen LogP contribution in [0.3, 0.4) is 0 Å². The highest BCUT2D eigenvalue weighted by molar-refractivity contribution is 7.98. The van der Waals surface area contributed by atoms with Gasteiger partial charge in [-0.3, -0.25) is 9.67 Å². The van der Waals surface area contributed by atoms with Crippen LogP contribution in [0.25, 0.3) is 0 Å². The Balaban J connectivity index is 1.81. The highest BCUT2D eigenvalue weighted by Gasteiger charge is 2.25. The van der Waals surface area contributed by atoms with Crippen LogP contribution in [0.4, 0.5) is 0 Å². The zero-order valence-corrected chi connectivity index (χ0v) is 18.7. The molecule has 1 aromatic carbocycles. The first kappa shape index (κ1) is 20.7. The summed E-state index contributed by atoms with van der Waals surface area (Å²) in [6, 6.07) is 19.0. The van der Waals surface area contributed by atoms with Crippen LogP contribution in [-0.4, -0.2) is 14.8 Å². The van der Waals surface area contributed by atoms with Crippen LogP contribution in [-0.2, 0) is 23.1 Å². The molecule has 0 atom stereocenters. The lowest BCUT2D eigenvalue weighted by Crippen LogP contribution is -2.19. The van der Waals surface area contributed by atoms with Crippen molar-refractivity contribution in [1.82, 2.24) is 14.8 Å². The van der Waals surface area contributed by atoms with Crippen molar-refractivity contribution >= 4 is 11.8 Å². The molecule has 0 bridgehead atoms. The largest absolute Gasteiger partial charge is 0.263 e. The predicted octanol–water partition coefficient (Wildman–Crippen LogP) is 6.21. The van der Waals surface area contributed by atoms with E-state index < -0.39 is 0 Å². The van der Waals surface area contributed by atoms with E-state index in [0.717, 1.165) is 22.8 Å². The van der Waals surface area contributed by atoms with E-state index in [2.05, 4.69) is 94.8 Å². The average molecular weight is 394 g/mol. The topological polar surface area (TPSA) is 30.7 Å². The quantitative estimate of drug-likeness (QED) is 0.483. The molecule has 0 N–H and O–H groups in total. The molecular formula is C24H31N3S. The van der Waals surface area contributed by atoms with Gasteiger partial charge in [-0.25, -0.2) is 0 Å². The van der Waals surface area contributed by atoms with E-state index in [0.29, 0.717) is 6.54 Å². The maximum Gasteiger partial charge on any atom is 0.0834 e. The summed E-state index contributed by atoms with van der Waals surface area (Å²) in [5.74, 6) is 0.871. The summed E-state index contributed by atoms with van der Waals surface area (Å²) < 4.78 is 2.14. The van der Waals surface area contributed by atoms with Gasteiger partial charge in [-0.2, -0.15) is 5.10 Å². The monoisotopic (exact) mass is 393 g/mol. The van der Waals surface area contributed by atoms with Gasteiger partial charge in [-0.1, -0.05) is 65.8 Å². The molecule has 0 aliphatic rings. The summed E-state index contributed by atoms with van der Waals surface area (Å²) >= 11 is 1.82. The van der Waals surface area contributed by atoms with Gasteiger partial charge >= 0.3 is 0 Å². The van der Waals surface area contributed by atoms with E-state index in [1.807, 2.05) is 17.8 Å². The molecule has 0 amide bonds. The molecular weight excluding hydrogens is 362 g/mol. The zero-order valence-electron chi connectivity index (χ0n) is 17.9. The number of thioether (sulfide) groups is 1. The molecule has 0 aliphatic heterocycles. The highest BCUT2D eigenvalue weighted by Crippen LogP contribution is 2.29. The van der Waals surface area contributed by atoms with Gasteiger partial charge in [0.05, 0.1) is 23.6 Å². The molecule has 2 aromatic heterocycles. The van der Waals surface area contributed by atoms with E-state index in [1.54, 1.807) is 0 Å². The van der Waals surface area contributed by atoms with Gasteiger partial charge in [-0.15, -0.1) is 11.8 Å². The van der Waals surface area contributed by atoms with Crippen LogP contribution >= 0.6 is 11.8 Å². The molecule has 3 nitrogen and oxygen atoms in total. The normalized spacial score (nSPS) is 12.4. The highest BCUT2D eigenvalue weighted by atomic mass is 32.2. The Hall–Kier alpha value is -2.07. The first-order valence-electron chi connectivity index (χ1n) is 9.84. The lowest BCUT2D eigenvalue weighted by Gasteiger charge is -2.20. The predicted molar refractivity (Wildman–Crippen MR) is 119 cm³/mol. The van der Waals surface area contributed by atoms with Gasteiger partial charge in [0.15, 0.2) is 0 Å². The number of hydrogen-bond donors (Lipinski definition) is 0. The third kappa shape index (κ3) is 5.26. The summed E-state index contributed by atoms with van der Waals surface area (Å²) in [5, 5.41) is 4.94. The second kappa shape index (κ2) is 8.12. The Morgan fingerprint density at radius 1 is 0.821 bits per heavy atom. The molecule has 0 fully saturated rings. The first-order chi connectivity index (χ1) is 13.1. The molecule has 3 rings (SSSR count). The van der Waals surface area contributed by atoms with Crippen molar-refractivity contribution in [2.75, 3.05) is 0 Å². The maximum absolute atomic E-state index is 4.94. The van der Waals surface area contributed by atoms with E-state index >= 15 is 0 Å². The Morgan fingerprint density at radius 3 is 2.14 bits per heavy atom. The fourth-order valence-corrected chi connectivity index (χ4v) is 3.86. The maximum atomic E-state index is 4.94. The van der Waals surface area contributed by atoms with Crippen molar-refractivity contribution in [2.45, 2.75) is 69.6 Å². The molecule has 0 saturated carbocycles. The van der Waals surface area contributed by atoms with E-state index in [1.165, 1.54) is 10.6 Å². The summed E-state index contributed by atoms with van der Waals surface area (Å²) in [5.41, 5.74) is 4.62. The van der Waals surface area contributed by atoms with Gasteiger partial charge in [0, 0.05) is 27.2 Å². The fourth-order valence-electron chi connectivity index (χ4n) is 3.03. The smallest absolute Gasteiger partial charge is 0.0834 e. The Bertz CT molecular complexity index is 915. The molecule has 0 spiro atoms. The second-order valence-corrected chi connectivity index (χ2v) is 10.3. The van der Waals surface area contributed by atoms with Crippen LogP contribution in [0, 0.1) is 0 Å².